The number of aromatic nitrogens is 2. The summed E-state index contributed by atoms with van der Waals surface area (Å²) in [6.45, 7) is 2.15. The maximum Gasteiger partial charge on any atom is 0.433 e. The maximum absolute atomic E-state index is 13.6. The summed E-state index contributed by atoms with van der Waals surface area (Å²) in [6, 6.07) is 6.75. The molecule has 0 bridgehead atoms. The van der Waals surface area contributed by atoms with E-state index in [4.69, 9.17) is 16.3 Å². The summed E-state index contributed by atoms with van der Waals surface area (Å²) in [6.07, 6.45) is -8.13. The van der Waals surface area contributed by atoms with Crippen LogP contribution in [-0.2, 0) is 23.1 Å². The van der Waals surface area contributed by atoms with Crippen LogP contribution in [0.5, 0.6) is 5.88 Å². The first kappa shape index (κ1) is 31.3. The van der Waals surface area contributed by atoms with Gasteiger partial charge in [0.1, 0.15) is 11.3 Å². The molecule has 2 fully saturated rings. The molecule has 1 N–H and O–H groups in total. The second kappa shape index (κ2) is 11.4. The van der Waals surface area contributed by atoms with E-state index < -0.39 is 35.5 Å². The van der Waals surface area contributed by atoms with Crippen LogP contribution in [0.3, 0.4) is 0 Å². The fraction of sp³-hybridized carbons (Fsp3) is 0.483. The number of alkyl halides is 6. The fourth-order valence-corrected chi connectivity index (χ4v) is 6.18. The van der Waals surface area contributed by atoms with E-state index in [9.17, 15) is 36.2 Å². The number of fused-ring (bicyclic) bond motifs is 1. The van der Waals surface area contributed by atoms with Crippen molar-refractivity contribution in [1.29, 1.82) is 0 Å². The topological polar surface area (TPSA) is 78.8 Å². The Morgan fingerprint density at radius 1 is 1.05 bits per heavy atom. The molecule has 0 spiro atoms. The quantitative estimate of drug-likeness (QED) is 0.347. The molecular weight excluding hydrogens is 602 g/mol. The van der Waals surface area contributed by atoms with Crippen LogP contribution in [0.1, 0.15) is 42.1 Å². The van der Waals surface area contributed by atoms with Crippen LogP contribution in [0, 0.1) is 11.8 Å². The van der Waals surface area contributed by atoms with Gasteiger partial charge in [0.25, 0.3) is 0 Å². The lowest BCUT2D eigenvalue weighted by atomic mass is 9.72. The number of piperidine rings is 1. The molecule has 4 heterocycles. The zero-order chi connectivity index (χ0) is 31.3. The predicted octanol–water partition coefficient (Wildman–Crippen LogP) is 5.80. The number of aliphatic hydroxyl groups is 1. The van der Waals surface area contributed by atoms with Gasteiger partial charge in [0.2, 0.25) is 11.8 Å². The Morgan fingerprint density at radius 2 is 1.70 bits per heavy atom. The van der Waals surface area contributed by atoms with Gasteiger partial charge in [-0.15, -0.1) is 0 Å². The molecule has 2 aliphatic heterocycles. The van der Waals surface area contributed by atoms with Crippen LogP contribution in [-0.4, -0.2) is 70.2 Å². The number of benzene rings is 1. The average molecular weight is 631 g/mol. The minimum absolute atomic E-state index is 0.0484. The van der Waals surface area contributed by atoms with E-state index in [2.05, 4.69) is 9.97 Å². The number of ether oxygens (including phenoxy) is 1. The van der Waals surface area contributed by atoms with Gasteiger partial charge in [-0.3, -0.25) is 14.7 Å². The Hall–Kier alpha value is -3.16. The van der Waals surface area contributed by atoms with Crippen molar-refractivity contribution in [2.45, 2.75) is 44.3 Å². The largest absolute Gasteiger partial charge is 0.481 e. The van der Waals surface area contributed by atoms with Crippen molar-refractivity contribution in [1.82, 2.24) is 19.8 Å². The van der Waals surface area contributed by atoms with Gasteiger partial charge in [-0.25, -0.2) is 4.98 Å². The smallest absolute Gasteiger partial charge is 0.433 e. The highest BCUT2D eigenvalue weighted by Crippen LogP contribution is 2.45. The summed E-state index contributed by atoms with van der Waals surface area (Å²) >= 11 is 6.87. The van der Waals surface area contributed by atoms with Crippen molar-refractivity contribution in [2.24, 2.45) is 11.8 Å². The third-order valence-corrected chi connectivity index (χ3v) is 8.88. The molecule has 0 saturated carbocycles. The van der Waals surface area contributed by atoms with Crippen molar-refractivity contribution in [3.63, 3.8) is 0 Å². The number of amides is 1. The van der Waals surface area contributed by atoms with Crippen LogP contribution in [0.25, 0.3) is 10.9 Å². The highest BCUT2D eigenvalue weighted by atomic mass is 35.5. The van der Waals surface area contributed by atoms with Gasteiger partial charge in [0.15, 0.2) is 0 Å². The standard InChI is InChI=1S/C29H29ClF6N4O3/c1-16(41)40-13-20(14-40)27(42,19-5-8-37-24(12-19)29(34,35)36)18-3-4-23-21(11-18)25(30)22(26(38-23)43-2)15-39-9-6-17(7-10-39)28(31,32)33/h3-5,8,11-12,17,20,42H,6-7,9-10,13-15H2,1-2H3/t27-/m0/s1. The third kappa shape index (κ3) is 5.99. The van der Waals surface area contributed by atoms with Gasteiger partial charge in [0.05, 0.1) is 23.6 Å². The number of nitrogens with zero attached hydrogens (tertiary/aromatic N) is 4. The molecule has 14 heteroatoms. The molecule has 2 aromatic heterocycles. The minimum atomic E-state index is -4.75. The summed E-state index contributed by atoms with van der Waals surface area (Å²) in [5.41, 5.74) is -2.11. The average Bonchev–Trinajstić information content (AvgIpc) is 2.92. The first-order chi connectivity index (χ1) is 20.1. The normalized spacial score (nSPS) is 18.9. The number of pyridine rings is 2. The summed E-state index contributed by atoms with van der Waals surface area (Å²) < 4.78 is 85.7. The summed E-state index contributed by atoms with van der Waals surface area (Å²) in [5, 5.41) is 12.8. The van der Waals surface area contributed by atoms with Gasteiger partial charge in [-0.1, -0.05) is 17.7 Å². The van der Waals surface area contributed by atoms with Crippen molar-refractivity contribution in [2.75, 3.05) is 33.3 Å². The monoisotopic (exact) mass is 630 g/mol. The summed E-state index contributed by atoms with van der Waals surface area (Å²) in [4.78, 5) is 23.1. The van der Waals surface area contributed by atoms with Crippen molar-refractivity contribution < 1.29 is 41.0 Å². The predicted molar refractivity (Wildman–Crippen MR) is 145 cm³/mol. The lowest BCUT2D eigenvalue weighted by Gasteiger charge is -2.48. The van der Waals surface area contributed by atoms with Gasteiger partial charge >= 0.3 is 12.4 Å². The number of hydrogen-bond acceptors (Lipinski definition) is 6. The van der Waals surface area contributed by atoms with Crippen molar-refractivity contribution in [3.8, 4) is 5.88 Å². The van der Waals surface area contributed by atoms with Crippen LogP contribution in [0.15, 0.2) is 36.5 Å². The van der Waals surface area contributed by atoms with Crippen LogP contribution in [0.2, 0.25) is 5.02 Å². The number of halogens is 7. The Balaban J connectivity index is 1.55. The third-order valence-electron chi connectivity index (χ3n) is 8.45. The molecule has 1 aromatic carbocycles. The molecule has 0 aliphatic carbocycles. The molecule has 232 valence electrons. The SMILES string of the molecule is COc1nc2ccc([C@](O)(c3ccnc(C(F)(F)F)c3)C3CN(C(C)=O)C3)cc2c(Cl)c1CN1CCC(C(F)(F)F)CC1. The van der Waals surface area contributed by atoms with Crippen LogP contribution in [0.4, 0.5) is 26.3 Å². The van der Waals surface area contributed by atoms with Gasteiger partial charge in [0, 0.05) is 49.6 Å². The number of likely N-dealkylation sites (tertiary alicyclic amines) is 2. The van der Waals surface area contributed by atoms with Crippen molar-refractivity contribution >= 4 is 28.4 Å². The molecule has 2 saturated heterocycles. The Kier molecular flexibility index (Phi) is 8.29. The van der Waals surface area contributed by atoms with E-state index >= 15 is 0 Å². The summed E-state index contributed by atoms with van der Waals surface area (Å²) in [7, 11) is 1.40. The molecule has 1 atom stereocenters. The van der Waals surface area contributed by atoms with E-state index in [1.54, 1.807) is 12.1 Å². The zero-order valence-corrected chi connectivity index (χ0v) is 24.0. The highest BCUT2D eigenvalue weighted by Gasteiger charge is 2.48. The number of carbonyl (C=O) groups excluding carboxylic acids is 1. The molecule has 0 unspecified atom stereocenters. The first-order valence-corrected chi connectivity index (χ1v) is 14.0. The first-order valence-electron chi connectivity index (χ1n) is 13.6. The minimum Gasteiger partial charge on any atom is -0.481 e. The Bertz CT molecular complexity index is 1520. The molecule has 5 rings (SSSR count). The van der Waals surface area contributed by atoms with Gasteiger partial charge in [-0.2, -0.15) is 26.3 Å². The van der Waals surface area contributed by atoms with Crippen LogP contribution >= 0.6 is 11.6 Å². The second-order valence-electron chi connectivity index (χ2n) is 11.1. The Labute approximate surface area is 248 Å². The molecule has 2 aliphatic rings. The molecule has 1 amide bonds. The lowest BCUT2D eigenvalue weighted by molar-refractivity contribution is -0.185. The van der Waals surface area contributed by atoms with E-state index in [0.29, 0.717) is 16.5 Å². The lowest BCUT2D eigenvalue weighted by Crippen LogP contribution is -2.58. The van der Waals surface area contributed by atoms with E-state index in [1.165, 1.54) is 31.1 Å². The molecule has 43 heavy (non-hydrogen) atoms. The fourth-order valence-electron chi connectivity index (χ4n) is 5.89. The number of hydrogen-bond donors (Lipinski definition) is 1. The van der Waals surface area contributed by atoms with E-state index in [-0.39, 0.29) is 73.5 Å². The van der Waals surface area contributed by atoms with Gasteiger partial charge in [-0.05, 0) is 61.3 Å². The van der Waals surface area contributed by atoms with E-state index in [1.807, 2.05) is 4.90 Å². The number of rotatable bonds is 6. The number of carbonyl (C=O) groups is 1. The Morgan fingerprint density at radius 3 is 2.28 bits per heavy atom. The molecule has 0 radical (unpaired) electrons. The van der Waals surface area contributed by atoms with Crippen LogP contribution < -0.4 is 4.74 Å². The van der Waals surface area contributed by atoms with Crippen molar-refractivity contribution in [3.05, 3.63) is 63.9 Å². The highest BCUT2D eigenvalue weighted by molar-refractivity contribution is 6.36. The van der Waals surface area contributed by atoms with Gasteiger partial charge < -0.3 is 14.7 Å². The maximum atomic E-state index is 13.6. The molecule has 3 aromatic rings. The summed E-state index contributed by atoms with van der Waals surface area (Å²) in [5.74, 6) is -2.05. The second-order valence-corrected chi connectivity index (χ2v) is 11.4. The molecular formula is C29H29ClF6N4O3. The molecule has 7 nitrogen and oxygen atoms in total. The zero-order valence-electron chi connectivity index (χ0n) is 23.3. The number of methoxy groups -OCH3 is 1. The van der Waals surface area contributed by atoms with E-state index in [0.717, 1.165) is 12.3 Å².